The van der Waals surface area contributed by atoms with E-state index in [1.54, 1.807) is 11.0 Å². The summed E-state index contributed by atoms with van der Waals surface area (Å²) >= 11 is 0. The van der Waals surface area contributed by atoms with Crippen LogP contribution in [0.3, 0.4) is 0 Å². The summed E-state index contributed by atoms with van der Waals surface area (Å²) in [5.41, 5.74) is 1.69. The summed E-state index contributed by atoms with van der Waals surface area (Å²) in [6.45, 7) is 6.70. The summed E-state index contributed by atoms with van der Waals surface area (Å²) < 4.78 is 19.4. The van der Waals surface area contributed by atoms with Gasteiger partial charge in [0.2, 0.25) is 0 Å². The Balaban J connectivity index is 1.84. The van der Waals surface area contributed by atoms with Crippen molar-refractivity contribution in [1.82, 2.24) is 4.90 Å². The zero-order valence-corrected chi connectivity index (χ0v) is 14.3. The second-order valence-electron chi connectivity index (χ2n) is 7.05. The predicted molar refractivity (Wildman–Crippen MR) is 94.3 cm³/mol. The monoisotopic (exact) mass is 327 g/mol. The van der Waals surface area contributed by atoms with Gasteiger partial charge in [-0.15, -0.1) is 0 Å². The molecule has 0 aromatic heterocycles. The van der Waals surface area contributed by atoms with E-state index in [2.05, 4.69) is 0 Å². The standard InChI is InChI=1S/C20H22FNO2/c1-20(2,3)24-19(23)22-12-10-14(11-13-22)15-8-9-18(21)17-7-5-4-6-16(15)17/h4-10H,11-13H2,1-3H3. The Morgan fingerprint density at radius 1 is 1.12 bits per heavy atom. The number of rotatable bonds is 1. The van der Waals surface area contributed by atoms with Crippen molar-refractivity contribution in [2.24, 2.45) is 0 Å². The molecule has 24 heavy (non-hydrogen) atoms. The molecule has 1 aliphatic rings. The normalized spacial score (nSPS) is 15.3. The second kappa shape index (κ2) is 6.27. The molecule has 3 nitrogen and oxygen atoms in total. The van der Waals surface area contributed by atoms with E-state index in [4.69, 9.17) is 4.74 Å². The lowest BCUT2D eigenvalue weighted by Crippen LogP contribution is -2.39. The number of amides is 1. The molecule has 126 valence electrons. The summed E-state index contributed by atoms with van der Waals surface area (Å²) in [5, 5.41) is 1.54. The van der Waals surface area contributed by atoms with Crippen LogP contribution in [0.4, 0.5) is 9.18 Å². The number of benzene rings is 2. The third kappa shape index (κ3) is 3.42. The maximum atomic E-state index is 14.0. The number of halogens is 1. The lowest BCUT2D eigenvalue weighted by Gasteiger charge is -2.30. The third-order valence-electron chi connectivity index (χ3n) is 4.08. The molecule has 1 heterocycles. The molecule has 4 heteroatoms. The van der Waals surface area contributed by atoms with E-state index >= 15 is 0 Å². The Hall–Kier alpha value is -2.36. The third-order valence-corrected chi connectivity index (χ3v) is 4.08. The summed E-state index contributed by atoms with van der Waals surface area (Å²) in [6.07, 6.45) is 2.48. The zero-order chi connectivity index (χ0) is 17.3. The van der Waals surface area contributed by atoms with Crippen LogP contribution in [0.1, 0.15) is 32.8 Å². The van der Waals surface area contributed by atoms with Crippen LogP contribution in [0.5, 0.6) is 0 Å². The molecule has 0 radical (unpaired) electrons. The van der Waals surface area contributed by atoms with Crippen molar-refractivity contribution in [2.45, 2.75) is 32.8 Å². The first-order valence-electron chi connectivity index (χ1n) is 8.20. The van der Waals surface area contributed by atoms with Gasteiger partial charge in [-0.3, -0.25) is 0 Å². The summed E-state index contributed by atoms with van der Waals surface area (Å²) in [6, 6.07) is 10.8. The quantitative estimate of drug-likeness (QED) is 0.737. The second-order valence-corrected chi connectivity index (χ2v) is 7.05. The number of carbonyl (C=O) groups excluding carboxylic acids is 1. The summed E-state index contributed by atoms with van der Waals surface area (Å²) in [5.74, 6) is -0.207. The molecule has 1 aliphatic heterocycles. The lowest BCUT2D eigenvalue weighted by atomic mass is 9.94. The van der Waals surface area contributed by atoms with Crippen LogP contribution in [0.2, 0.25) is 0 Å². The average Bonchev–Trinajstić information content (AvgIpc) is 2.54. The fourth-order valence-electron chi connectivity index (χ4n) is 2.95. The molecule has 0 N–H and O–H groups in total. The number of hydrogen-bond donors (Lipinski definition) is 0. The molecular weight excluding hydrogens is 305 g/mol. The van der Waals surface area contributed by atoms with Gasteiger partial charge in [-0.05, 0) is 49.8 Å². The number of carbonyl (C=O) groups is 1. The minimum atomic E-state index is -0.492. The molecule has 0 spiro atoms. The molecular formula is C20H22FNO2. The Morgan fingerprint density at radius 2 is 1.83 bits per heavy atom. The van der Waals surface area contributed by atoms with Gasteiger partial charge in [-0.25, -0.2) is 9.18 Å². The van der Waals surface area contributed by atoms with Crippen LogP contribution in [0.25, 0.3) is 16.3 Å². The fourth-order valence-corrected chi connectivity index (χ4v) is 2.95. The highest BCUT2D eigenvalue weighted by molar-refractivity contribution is 5.94. The molecule has 0 saturated carbocycles. The smallest absolute Gasteiger partial charge is 0.410 e. The van der Waals surface area contributed by atoms with Crippen LogP contribution in [-0.2, 0) is 4.74 Å². The SMILES string of the molecule is CC(C)(C)OC(=O)N1CC=C(c2ccc(F)c3ccccc23)CC1. The Labute approximate surface area is 141 Å². The van der Waals surface area contributed by atoms with Crippen molar-refractivity contribution in [3.05, 3.63) is 53.9 Å². The van der Waals surface area contributed by atoms with E-state index in [0.717, 1.165) is 22.9 Å². The minimum absolute atomic E-state index is 0.207. The molecule has 0 bridgehead atoms. The molecule has 0 unspecified atom stereocenters. The molecule has 2 aromatic rings. The molecule has 0 atom stereocenters. The Morgan fingerprint density at radius 3 is 2.46 bits per heavy atom. The van der Waals surface area contributed by atoms with Crippen molar-refractivity contribution in [2.75, 3.05) is 13.1 Å². The number of ether oxygens (including phenoxy) is 1. The van der Waals surface area contributed by atoms with Gasteiger partial charge in [0.15, 0.2) is 0 Å². The molecule has 0 fully saturated rings. The van der Waals surface area contributed by atoms with Crippen LogP contribution in [0.15, 0.2) is 42.5 Å². The van der Waals surface area contributed by atoms with E-state index in [1.807, 2.05) is 51.1 Å². The summed E-state index contributed by atoms with van der Waals surface area (Å²) in [4.78, 5) is 13.8. The van der Waals surface area contributed by atoms with Gasteiger partial charge >= 0.3 is 6.09 Å². The van der Waals surface area contributed by atoms with E-state index < -0.39 is 5.60 Å². The van der Waals surface area contributed by atoms with Crippen molar-refractivity contribution < 1.29 is 13.9 Å². The Bertz CT molecular complexity index is 805. The molecule has 3 rings (SSSR count). The number of nitrogens with zero attached hydrogens (tertiary/aromatic N) is 1. The molecule has 2 aromatic carbocycles. The lowest BCUT2D eigenvalue weighted by molar-refractivity contribution is 0.0270. The topological polar surface area (TPSA) is 29.5 Å². The van der Waals surface area contributed by atoms with Gasteiger partial charge in [0.1, 0.15) is 11.4 Å². The predicted octanol–water partition coefficient (Wildman–Crippen LogP) is 5.00. The average molecular weight is 327 g/mol. The maximum absolute atomic E-state index is 14.0. The number of fused-ring (bicyclic) bond motifs is 1. The first kappa shape index (κ1) is 16.5. The van der Waals surface area contributed by atoms with Crippen LogP contribution >= 0.6 is 0 Å². The van der Waals surface area contributed by atoms with E-state index in [1.165, 1.54) is 6.07 Å². The highest BCUT2D eigenvalue weighted by Gasteiger charge is 2.24. The zero-order valence-electron chi connectivity index (χ0n) is 14.3. The van der Waals surface area contributed by atoms with Gasteiger partial charge in [-0.2, -0.15) is 0 Å². The molecule has 0 aliphatic carbocycles. The first-order chi connectivity index (χ1) is 11.3. The van der Waals surface area contributed by atoms with Crippen molar-refractivity contribution in [3.63, 3.8) is 0 Å². The van der Waals surface area contributed by atoms with Gasteiger partial charge < -0.3 is 9.64 Å². The fraction of sp³-hybridized carbons (Fsp3) is 0.350. The van der Waals surface area contributed by atoms with Gasteiger partial charge in [0.25, 0.3) is 0 Å². The van der Waals surface area contributed by atoms with E-state index in [-0.39, 0.29) is 11.9 Å². The van der Waals surface area contributed by atoms with E-state index in [0.29, 0.717) is 18.5 Å². The number of hydrogen-bond acceptors (Lipinski definition) is 2. The van der Waals surface area contributed by atoms with E-state index in [9.17, 15) is 9.18 Å². The molecule has 1 amide bonds. The maximum Gasteiger partial charge on any atom is 0.410 e. The first-order valence-corrected chi connectivity index (χ1v) is 8.20. The highest BCUT2D eigenvalue weighted by atomic mass is 19.1. The summed E-state index contributed by atoms with van der Waals surface area (Å²) in [7, 11) is 0. The van der Waals surface area contributed by atoms with Crippen molar-refractivity contribution >= 4 is 22.4 Å². The van der Waals surface area contributed by atoms with Gasteiger partial charge in [0, 0.05) is 18.5 Å². The Kier molecular flexibility index (Phi) is 4.31. The van der Waals surface area contributed by atoms with Crippen LogP contribution in [-0.4, -0.2) is 29.7 Å². The van der Waals surface area contributed by atoms with Gasteiger partial charge in [0.05, 0.1) is 0 Å². The van der Waals surface area contributed by atoms with Crippen molar-refractivity contribution in [1.29, 1.82) is 0 Å². The minimum Gasteiger partial charge on any atom is -0.444 e. The van der Waals surface area contributed by atoms with Gasteiger partial charge in [-0.1, -0.05) is 36.4 Å². The highest BCUT2D eigenvalue weighted by Crippen LogP contribution is 2.30. The van der Waals surface area contributed by atoms with Crippen molar-refractivity contribution in [3.8, 4) is 0 Å². The van der Waals surface area contributed by atoms with Crippen LogP contribution in [0, 0.1) is 5.82 Å². The largest absolute Gasteiger partial charge is 0.444 e. The van der Waals surface area contributed by atoms with Crippen LogP contribution < -0.4 is 0 Å². The molecule has 0 saturated heterocycles.